The number of amides is 1. The Morgan fingerprint density at radius 2 is 1.55 bits per heavy atom. The van der Waals surface area contributed by atoms with Crippen LogP contribution in [-0.4, -0.2) is 42.4 Å². The monoisotopic (exact) mass is 580 g/mol. The van der Waals surface area contributed by atoms with Gasteiger partial charge in [-0.25, -0.2) is 4.79 Å². The number of hydrogen-bond donors (Lipinski definition) is 3. The van der Waals surface area contributed by atoms with E-state index in [0.717, 1.165) is 22.4 Å². The van der Waals surface area contributed by atoms with Gasteiger partial charge in [-0.05, 0) is 35.3 Å². The van der Waals surface area contributed by atoms with Crippen molar-refractivity contribution in [2.24, 2.45) is 10.7 Å². The molecular weight excluding hydrogens is 548 g/mol. The Balaban J connectivity index is 1.20. The first kappa shape index (κ1) is 29.2. The summed E-state index contributed by atoms with van der Waals surface area (Å²) in [4.78, 5) is 30.3. The second-order valence-electron chi connectivity index (χ2n) is 10.2. The van der Waals surface area contributed by atoms with Gasteiger partial charge < -0.3 is 15.8 Å². The van der Waals surface area contributed by atoms with Crippen molar-refractivity contribution in [1.29, 1.82) is 0 Å². The molecule has 1 aliphatic heterocycles. The quantitative estimate of drug-likeness (QED) is 0.173. The number of carbonyl (C=O) groups excluding carboxylic acids is 2. The van der Waals surface area contributed by atoms with Crippen LogP contribution in [0.15, 0.2) is 131 Å². The van der Waals surface area contributed by atoms with Gasteiger partial charge >= 0.3 is 5.97 Å². The molecule has 7 nitrogen and oxygen atoms in total. The zero-order valence-electron chi connectivity index (χ0n) is 23.0. The van der Waals surface area contributed by atoms with Gasteiger partial charge in [0.2, 0.25) is 5.91 Å². The van der Waals surface area contributed by atoms with E-state index in [-0.39, 0.29) is 31.1 Å². The molecule has 3 aromatic carbocycles. The summed E-state index contributed by atoms with van der Waals surface area (Å²) in [5, 5.41) is 7.20. The average Bonchev–Trinajstić information content (AvgIpc) is 3.44. The summed E-state index contributed by atoms with van der Waals surface area (Å²) >= 11 is 6.02. The lowest BCUT2D eigenvalue weighted by Crippen LogP contribution is -2.48. The van der Waals surface area contributed by atoms with Crippen LogP contribution < -0.4 is 16.4 Å². The Bertz CT molecular complexity index is 1410. The molecule has 8 heteroatoms. The average molecular weight is 581 g/mol. The van der Waals surface area contributed by atoms with Gasteiger partial charge in [-0.2, -0.15) is 0 Å². The largest absolute Gasteiger partial charge is 0.459 e. The normalized spacial score (nSPS) is 18.6. The van der Waals surface area contributed by atoms with E-state index in [0.29, 0.717) is 11.5 Å². The molecule has 0 bridgehead atoms. The second-order valence-corrected chi connectivity index (χ2v) is 10.6. The molecule has 1 amide bonds. The summed E-state index contributed by atoms with van der Waals surface area (Å²) in [7, 11) is 0. The molecule has 42 heavy (non-hydrogen) atoms. The molecule has 0 radical (unpaired) electrons. The van der Waals surface area contributed by atoms with E-state index < -0.39 is 17.6 Å². The molecule has 1 aliphatic carbocycles. The predicted molar refractivity (Wildman–Crippen MR) is 166 cm³/mol. The first-order valence-electron chi connectivity index (χ1n) is 13.9. The highest BCUT2D eigenvalue weighted by Crippen LogP contribution is 2.37. The van der Waals surface area contributed by atoms with Gasteiger partial charge in [-0.15, -0.1) is 0 Å². The van der Waals surface area contributed by atoms with Crippen LogP contribution in [-0.2, 0) is 19.9 Å². The minimum atomic E-state index is -0.892. The Morgan fingerprint density at radius 1 is 0.976 bits per heavy atom. The SMILES string of the molecule is N[C@H](/C=C/C(=O)OCC1N=C2C=C(Cl)C=CC2N1)CCC(=O)NC(c1ccccc1)(c1ccccc1)c1ccccc1. The Morgan fingerprint density at radius 3 is 2.12 bits per heavy atom. The topological polar surface area (TPSA) is 106 Å². The summed E-state index contributed by atoms with van der Waals surface area (Å²) in [5.74, 6) is -0.679. The third-order valence-corrected chi connectivity index (χ3v) is 7.48. The highest BCUT2D eigenvalue weighted by molar-refractivity contribution is 6.33. The van der Waals surface area contributed by atoms with E-state index in [1.807, 2.05) is 103 Å². The van der Waals surface area contributed by atoms with E-state index in [9.17, 15) is 9.59 Å². The van der Waals surface area contributed by atoms with Gasteiger partial charge in [-0.3, -0.25) is 15.1 Å². The number of nitrogens with zero attached hydrogens (tertiary/aromatic N) is 1. The fraction of sp³-hybridized carbons (Fsp3) is 0.206. The first-order chi connectivity index (χ1) is 20.4. The number of carbonyl (C=O) groups is 2. The van der Waals surface area contributed by atoms with Crippen LogP contribution in [0.2, 0.25) is 0 Å². The molecule has 3 atom stereocenters. The van der Waals surface area contributed by atoms with Crippen molar-refractivity contribution < 1.29 is 14.3 Å². The molecule has 0 saturated carbocycles. The van der Waals surface area contributed by atoms with Gasteiger partial charge in [0.25, 0.3) is 0 Å². The van der Waals surface area contributed by atoms with Crippen LogP contribution in [0, 0.1) is 0 Å². The van der Waals surface area contributed by atoms with Gasteiger partial charge in [0.05, 0.1) is 11.8 Å². The standard InChI is InChI=1S/C34H33ClN4O3/c35-27-16-19-29-30(22-27)38-31(37-29)23-42-33(41)21-18-28(36)17-20-32(40)39-34(24-10-4-1-5-11-24,25-12-6-2-7-13-25)26-14-8-3-9-15-26/h1-16,18-19,21-22,28-29,31,37H,17,20,23,36H2,(H,39,40)/b21-18+/t28-,29?,31?/m0/s1. The Kier molecular flexibility index (Phi) is 9.44. The number of rotatable bonds is 11. The molecule has 2 unspecified atom stereocenters. The molecule has 0 aromatic heterocycles. The maximum Gasteiger partial charge on any atom is 0.330 e. The van der Waals surface area contributed by atoms with Crippen LogP contribution >= 0.6 is 11.6 Å². The molecule has 0 spiro atoms. The van der Waals surface area contributed by atoms with Crippen LogP contribution in [0.1, 0.15) is 29.5 Å². The fourth-order valence-electron chi connectivity index (χ4n) is 5.19. The summed E-state index contributed by atoms with van der Waals surface area (Å²) in [6, 6.07) is 29.2. The highest BCUT2D eigenvalue weighted by Gasteiger charge is 2.37. The summed E-state index contributed by atoms with van der Waals surface area (Å²) in [5.41, 5.74) is 9.00. The van der Waals surface area contributed by atoms with Crippen molar-refractivity contribution >= 4 is 29.2 Å². The first-order valence-corrected chi connectivity index (χ1v) is 14.3. The maximum atomic E-state index is 13.5. The van der Waals surface area contributed by atoms with Gasteiger partial charge in [0.1, 0.15) is 18.3 Å². The van der Waals surface area contributed by atoms with E-state index >= 15 is 0 Å². The van der Waals surface area contributed by atoms with Gasteiger partial charge in [0.15, 0.2) is 0 Å². The lowest BCUT2D eigenvalue weighted by Gasteiger charge is -2.37. The number of nitrogens with one attached hydrogen (secondary N) is 2. The minimum Gasteiger partial charge on any atom is -0.459 e. The van der Waals surface area contributed by atoms with E-state index in [2.05, 4.69) is 15.6 Å². The Hall–Kier alpha value is -4.30. The third kappa shape index (κ3) is 6.94. The van der Waals surface area contributed by atoms with Crippen LogP contribution in [0.4, 0.5) is 0 Å². The van der Waals surface area contributed by atoms with E-state index in [1.165, 1.54) is 6.08 Å². The summed E-state index contributed by atoms with van der Waals surface area (Å²) in [6.45, 7) is 0.0840. The van der Waals surface area contributed by atoms with Gasteiger partial charge in [-0.1, -0.05) is 115 Å². The van der Waals surface area contributed by atoms with Crippen molar-refractivity contribution in [2.75, 3.05) is 6.61 Å². The number of fused-ring (bicyclic) bond motifs is 1. The lowest BCUT2D eigenvalue weighted by molar-refractivity contribution is -0.138. The highest BCUT2D eigenvalue weighted by atomic mass is 35.5. The molecular formula is C34H33ClN4O3. The van der Waals surface area contributed by atoms with Crippen LogP contribution in [0.3, 0.4) is 0 Å². The summed E-state index contributed by atoms with van der Waals surface area (Å²) in [6.07, 6.45) is 8.56. The van der Waals surface area contributed by atoms with E-state index in [4.69, 9.17) is 22.1 Å². The summed E-state index contributed by atoms with van der Waals surface area (Å²) < 4.78 is 5.34. The number of hydrogen-bond acceptors (Lipinski definition) is 6. The second kappa shape index (κ2) is 13.6. The molecule has 0 fully saturated rings. The molecule has 5 rings (SSSR count). The zero-order chi connectivity index (χ0) is 29.4. The number of nitrogens with two attached hydrogens (primary N) is 1. The smallest absolute Gasteiger partial charge is 0.330 e. The van der Waals surface area contributed by atoms with Crippen molar-refractivity contribution in [2.45, 2.75) is 36.6 Å². The molecule has 214 valence electrons. The predicted octanol–water partition coefficient (Wildman–Crippen LogP) is 4.73. The molecule has 0 saturated heterocycles. The van der Waals surface area contributed by atoms with Crippen LogP contribution in [0.25, 0.3) is 0 Å². The number of esters is 1. The minimum absolute atomic E-state index is 0.0317. The molecule has 3 aromatic rings. The lowest BCUT2D eigenvalue weighted by atomic mass is 9.77. The Labute approximate surface area is 250 Å². The van der Waals surface area contributed by atoms with Crippen molar-refractivity contribution in [1.82, 2.24) is 10.6 Å². The molecule has 2 aliphatic rings. The van der Waals surface area contributed by atoms with Crippen molar-refractivity contribution in [3.8, 4) is 0 Å². The number of aliphatic imine (C=N–C) groups is 1. The fourth-order valence-corrected chi connectivity index (χ4v) is 5.38. The number of halogens is 1. The number of ether oxygens (including phenoxy) is 1. The van der Waals surface area contributed by atoms with Gasteiger partial charge in [0, 0.05) is 23.6 Å². The third-order valence-electron chi connectivity index (χ3n) is 7.24. The van der Waals surface area contributed by atoms with Crippen LogP contribution in [0.5, 0.6) is 0 Å². The molecule has 1 heterocycles. The zero-order valence-corrected chi connectivity index (χ0v) is 23.8. The van der Waals surface area contributed by atoms with E-state index in [1.54, 1.807) is 12.2 Å². The van der Waals surface area contributed by atoms with Crippen molar-refractivity contribution in [3.63, 3.8) is 0 Å². The maximum absolute atomic E-state index is 13.5. The number of allylic oxidation sites excluding steroid dienone is 2. The van der Waals surface area contributed by atoms with Crippen molar-refractivity contribution in [3.05, 3.63) is 143 Å². The molecule has 4 N–H and O–H groups in total. The number of benzene rings is 3.